The fourth-order valence-corrected chi connectivity index (χ4v) is 3.42. The summed E-state index contributed by atoms with van der Waals surface area (Å²) in [6, 6.07) is 6.74. The number of ether oxygens (including phenoxy) is 1. The number of benzene rings is 1. The van der Waals surface area contributed by atoms with Gasteiger partial charge in [-0.3, -0.25) is 4.79 Å². The summed E-state index contributed by atoms with van der Waals surface area (Å²) in [4.78, 5) is 12.2. The minimum Gasteiger partial charge on any atom is -0.496 e. The van der Waals surface area contributed by atoms with Gasteiger partial charge in [-0.05, 0) is 44.7 Å². The number of hydrogen-bond donors (Lipinski definition) is 2. The lowest BCUT2D eigenvalue weighted by atomic mass is 9.86. The van der Waals surface area contributed by atoms with Gasteiger partial charge in [-0.1, -0.05) is 31.4 Å². The second-order valence-corrected chi connectivity index (χ2v) is 6.91. The van der Waals surface area contributed by atoms with Crippen molar-refractivity contribution >= 4 is 5.91 Å². The normalized spacial score (nSPS) is 22.4. The summed E-state index contributed by atoms with van der Waals surface area (Å²) in [7, 11) is 1.69. The Bertz CT molecular complexity index is 530. The van der Waals surface area contributed by atoms with E-state index >= 15 is 0 Å². The number of aryl methyl sites for hydroxylation is 1. The zero-order valence-corrected chi connectivity index (χ0v) is 14.9. The van der Waals surface area contributed by atoms with Crippen LogP contribution in [0, 0.1) is 12.8 Å². The number of hydrogen-bond acceptors (Lipinski definition) is 2. The van der Waals surface area contributed by atoms with Crippen molar-refractivity contribution in [2.45, 2.75) is 58.5 Å². The molecule has 23 heavy (non-hydrogen) atoms. The van der Waals surface area contributed by atoms with E-state index in [1.807, 2.05) is 12.1 Å². The molecule has 0 aromatic heterocycles. The molecule has 2 rings (SSSR count). The third kappa shape index (κ3) is 4.96. The summed E-state index contributed by atoms with van der Waals surface area (Å²) < 4.78 is 5.44. The average molecular weight is 319 g/mol. The van der Waals surface area contributed by atoms with Gasteiger partial charge >= 0.3 is 0 Å². The Balaban J connectivity index is 1.87. The zero-order chi connectivity index (χ0) is 16.8. The molecular formula is C19H31N2O2+. The van der Waals surface area contributed by atoms with Crippen molar-refractivity contribution in [1.29, 1.82) is 0 Å². The van der Waals surface area contributed by atoms with Crippen LogP contribution in [0.2, 0.25) is 0 Å². The van der Waals surface area contributed by atoms with Crippen LogP contribution in [0.1, 0.15) is 56.7 Å². The Kier molecular flexibility index (Phi) is 6.46. The maximum atomic E-state index is 12.2. The van der Waals surface area contributed by atoms with E-state index in [1.165, 1.54) is 24.8 Å². The minimum absolute atomic E-state index is 0.141. The standard InChI is InChI=1S/C19H30N2O2/c1-13-9-10-18(23-4)16(11-13)15(3)20-12-19(22)21-17-8-6-5-7-14(17)2/h9-11,14-15,17,20H,5-8,12H2,1-4H3,(H,21,22)/p+1/t14-,15+,17+/m0/s1. The molecule has 1 aromatic carbocycles. The van der Waals surface area contributed by atoms with Crippen molar-refractivity contribution < 1.29 is 14.8 Å². The van der Waals surface area contributed by atoms with Crippen molar-refractivity contribution in [2.75, 3.05) is 13.7 Å². The lowest BCUT2D eigenvalue weighted by Crippen LogP contribution is -2.87. The fourth-order valence-electron chi connectivity index (χ4n) is 3.42. The van der Waals surface area contributed by atoms with Crippen LogP contribution in [0.25, 0.3) is 0 Å². The first kappa shape index (κ1) is 17.8. The third-order valence-electron chi connectivity index (χ3n) is 4.99. The molecule has 0 saturated heterocycles. The number of carbonyl (C=O) groups excluding carboxylic acids is 1. The number of amides is 1. The third-order valence-corrected chi connectivity index (χ3v) is 4.99. The van der Waals surface area contributed by atoms with Gasteiger partial charge in [0, 0.05) is 6.04 Å². The van der Waals surface area contributed by atoms with E-state index in [0.717, 1.165) is 17.7 Å². The molecule has 1 aliphatic rings. The Labute approximate surface area is 140 Å². The van der Waals surface area contributed by atoms with Crippen molar-refractivity contribution in [3.8, 4) is 5.75 Å². The molecule has 0 bridgehead atoms. The highest BCUT2D eigenvalue weighted by Gasteiger charge is 2.24. The molecule has 1 aliphatic carbocycles. The Morgan fingerprint density at radius 3 is 2.83 bits per heavy atom. The van der Waals surface area contributed by atoms with E-state index in [9.17, 15) is 4.79 Å². The molecule has 1 amide bonds. The second-order valence-electron chi connectivity index (χ2n) is 6.91. The van der Waals surface area contributed by atoms with Crippen LogP contribution in [0.5, 0.6) is 5.75 Å². The van der Waals surface area contributed by atoms with Gasteiger partial charge in [0.1, 0.15) is 11.8 Å². The van der Waals surface area contributed by atoms with Crippen LogP contribution in [-0.4, -0.2) is 25.6 Å². The number of nitrogens with two attached hydrogens (primary N) is 1. The van der Waals surface area contributed by atoms with E-state index in [2.05, 4.69) is 37.5 Å². The van der Waals surface area contributed by atoms with Crippen molar-refractivity contribution in [3.63, 3.8) is 0 Å². The molecule has 0 aliphatic heterocycles. The van der Waals surface area contributed by atoms with E-state index in [4.69, 9.17) is 4.74 Å². The molecular weight excluding hydrogens is 288 g/mol. The molecule has 0 radical (unpaired) electrons. The molecule has 0 spiro atoms. The summed E-state index contributed by atoms with van der Waals surface area (Å²) in [5, 5.41) is 5.30. The summed E-state index contributed by atoms with van der Waals surface area (Å²) >= 11 is 0. The molecule has 4 nitrogen and oxygen atoms in total. The molecule has 0 unspecified atom stereocenters. The predicted molar refractivity (Wildman–Crippen MR) is 92.5 cm³/mol. The predicted octanol–water partition coefficient (Wildman–Crippen LogP) is 2.32. The van der Waals surface area contributed by atoms with Crippen molar-refractivity contribution in [2.24, 2.45) is 5.92 Å². The molecule has 1 saturated carbocycles. The summed E-state index contributed by atoms with van der Waals surface area (Å²) in [6.45, 7) is 6.90. The number of methoxy groups -OCH3 is 1. The molecule has 4 heteroatoms. The Morgan fingerprint density at radius 1 is 1.39 bits per heavy atom. The van der Waals surface area contributed by atoms with Crippen LogP contribution in [-0.2, 0) is 4.79 Å². The van der Waals surface area contributed by atoms with Crippen LogP contribution in [0.4, 0.5) is 0 Å². The SMILES string of the molecule is COc1ccc(C)cc1[C@@H](C)[NH2+]CC(=O)N[C@@H]1CCCC[C@@H]1C. The van der Waals surface area contributed by atoms with Gasteiger partial charge in [-0.15, -0.1) is 0 Å². The lowest BCUT2D eigenvalue weighted by Gasteiger charge is -2.29. The van der Waals surface area contributed by atoms with Gasteiger partial charge in [0.15, 0.2) is 6.54 Å². The average Bonchev–Trinajstić information content (AvgIpc) is 2.54. The Hall–Kier alpha value is -1.55. The highest BCUT2D eigenvalue weighted by Crippen LogP contribution is 2.24. The zero-order valence-electron chi connectivity index (χ0n) is 14.9. The monoisotopic (exact) mass is 319 g/mol. The highest BCUT2D eigenvalue weighted by molar-refractivity contribution is 5.77. The minimum atomic E-state index is 0.141. The number of rotatable bonds is 6. The fraction of sp³-hybridized carbons (Fsp3) is 0.632. The van der Waals surface area contributed by atoms with Gasteiger partial charge in [0.25, 0.3) is 5.91 Å². The van der Waals surface area contributed by atoms with E-state index < -0.39 is 0 Å². The molecule has 3 atom stereocenters. The van der Waals surface area contributed by atoms with Crippen molar-refractivity contribution in [1.82, 2.24) is 5.32 Å². The maximum absolute atomic E-state index is 12.2. The number of nitrogens with one attached hydrogen (secondary N) is 1. The van der Waals surface area contributed by atoms with Gasteiger partial charge in [-0.25, -0.2) is 0 Å². The Morgan fingerprint density at radius 2 is 2.13 bits per heavy atom. The summed E-state index contributed by atoms with van der Waals surface area (Å²) in [5.74, 6) is 1.63. The van der Waals surface area contributed by atoms with Gasteiger partial charge in [-0.2, -0.15) is 0 Å². The first-order valence-corrected chi connectivity index (χ1v) is 8.78. The second kappa shape index (κ2) is 8.34. The largest absolute Gasteiger partial charge is 0.496 e. The summed E-state index contributed by atoms with van der Waals surface area (Å²) in [5.41, 5.74) is 2.35. The van der Waals surface area contributed by atoms with Gasteiger partial charge in [0.05, 0.1) is 12.7 Å². The first-order chi connectivity index (χ1) is 11.0. The van der Waals surface area contributed by atoms with E-state index in [1.54, 1.807) is 7.11 Å². The van der Waals surface area contributed by atoms with Crippen LogP contribution in [0.3, 0.4) is 0 Å². The maximum Gasteiger partial charge on any atom is 0.275 e. The molecule has 3 N–H and O–H groups in total. The quantitative estimate of drug-likeness (QED) is 0.845. The lowest BCUT2D eigenvalue weighted by molar-refractivity contribution is -0.682. The molecule has 1 fully saturated rings. The number of quaternary nitrogens is 1. The van der Waals surface area contributed by atoms with Crippen molar-refractivity contribution in [3.05, 3.63) is 29.3 Å². The molecule has 1 aromatic rings. The van der Waals surface area contributed by atoms with Crippen LogP contribution < -0.4 is 15.4 Å². The molecule has 0 heterocycles. The van der Waals surface area contributed by atoms with Crippen LogP contribution in [0.15, 0.2) is 18.2 Å². The first-order valence-electron chi connectivity index (χ1n) is 8.78. The topological polar surface area (TPSA) is 54.9 Å². The van der Waals surface area contributed by atoms with Crippen LogP contribution >= 0.6 is 0 Å². The van der Waals surface area contributed by atoms with E-state index in [-0.39, 0.29) is 11.9 Å². The molecule has 128 valence electrons. The van der Waals surface area contributed by atoms with Gasteiger partial charge < -0.3 is 15.4 Å². The van der Waals surface area contributed by atoms with E-state index in [0.29, 0.717) is 18.5 Å². The summed E-state index contributed by atoms with van der Waals surface area (Å²) in [6.07, 6.45) is 4.87. The smallest absolute Gasteiger partial charge is 0.275 e. The number of carbonyl (C=O) groups is 1. The highest BCUT2D eigenvalue weighted by atomic mass is 16.5. The van der Waals surface area contributed by atoms with Gasteiger partial charge in [0.2, 0.25) is 0 Å².